The van der Waals surface area contributed by atoms with Crippen LogP contribution in [0.5, 0.6) is 0 Å². The SMILES string of the molecule is O=Nc1c(-c2ccccc2)nc2ccccn12. The molecule has 3 aromatic rings. The van der Waals surface area contributed by atoms with Gasteiger partial charge in [-0.2, -0.15) is 0 Å². The number of pyridine rings is 1. The summed E-state index contributed by atoms with van der Waals surface area (Å²) in [6.07, 6.45) is 1.78. The van der Waals surface area contributed by atoms with Gasteiger partial charge in [-0.25, -0.2) is 4.98 Å². The summed E-state index contributed by atoms with van der Waals surface area (Å²) in [6.45, 7) is 0. The lowest BCUT2D eigenvalue weighted by Gasteiger charge is -1.96. The Hall–Kier alpha value is -2.49. The van der Waals surface area contributed by atoms with Crippen molar-refractivity contribution >= 4 is 11.5 Å². The van der Waals surface area contributed by atoms with E-state index in [-0.39, 0.29) is 0 Å². The quantitative estimate of drug-likeness (QED) is 0.625. The Bertz CT molecular complexity index is 673. The molecule has 2 heterocycles. The maximum atomic E-state index is 11.0. The molecule has 0 amide bonds. The molecule has 2 aromatic heterocycles. The molecule has 0 N–H and O–H groups in total. The normalized spacial score (nSPS) is 10.6. The molecule has 4 heteroatoms. The van der Waals surface area contributed by atoms with Crippen molar-refractivity contribution in [2.24, 2.45) is 5.18 Å². The molecule has 3 rings (SSSR count). The second kappa shape index (κ2) is 3.83. The van der Waals surface area contributed by atoms with Gasteiger partial charge in [-0.3, -0.25) is 4.40 Å². The van der Waals surface area contributed by atoms with Crippen molar-refractivity contribution < 1.29 is 0 Å². The summed E-state index contributed by atoms with van der Waals surface area (Å²) in [6, 6.07) is 15.1. The number of benzene rings is 1. The van der Waals surface area contributed by atoms with Crippen molar-refractivity contribution in [2.45, 2.75) is 0 Å². The third kappa shape index (κ3) is 1.50. The number of nitrogens with zero attached hydrogens (tertiary/aromatic N) is 3. The molecule has 0 saturated heterocycles. The Kier molecular flexibility index (Phi) is 2.19. The first-order chi connectivity index (χ1) is 8.40. The Balaban J connectivity index is 2.33. The van der Waals surface area contributed by atoms with Crippen LogP contribution < -0.4 is 0 Å². The van der Waals surface area contributed by atoms with E-state index in [2.05, 4.69) is 10.2 Å². The smallest absolute Gasteiger partial charge is 0.209 e. The van der Waals surface area contributed by atoms with E-state index in [0.29, 0.717) is 11.5 Å². The van der Waals surface area contributed by atoms with Crippen molar-refractivity contribution in [3.63, 3.8) is 0 Å². The molecule has 0 fully saturated rings. The van der Waals surface area contributed by atoms with Crippen molar-refractivity contribution in [2.75, 3.05) is 0 Å². The van der Waals surface area contributed by atoms with Crippen LogP contribution in [0.2, 0.25) is 0 Å². The first-order valence-electron chi connectivity index (χ1n) is 5.26. The van der Waals surface area contributed by atoms with Gasteiger partial charge < -0.3 is 0 Å². The fraction of sp³-hybridized carbons (Fsp3) is 0. The second-order valence-electron chi connectivity index (χ2n) is 3.67. The molecule has 0 spiro atoms. The van der Waals surface area contributed by atoms with Crippen LogP contribution in [0, 0.1) is 4.91 Å². The minimum Gasteiger partial charge on any atom is -0.281 e. The Morgan fingerprint density at radius 2 is 1.76 bits per heavy atom. The van der Waals surface area contributed by atoms with Crippen LogP contribution in [-0.2, 0) is 0 Å². The standard InChI is InChI=1S/C13H9N3O/c17-15-13-12(10-6-2-1-3-7-10)14-11-8-4-5-9-16(11)13/h1-9H. The van der Waals surface area contributed by atoms with E-state index in [4.69, 9.17) is 0 Å². The number of fused-ring (bicyclic) bond motifs is 1. The van der Waals surface area contributed by atoms with Gasteiger partial charge >= 0.3 is 0 Å². The molecule has 1 aromatic carbocycles. The van der Waals surface area contributed by atoms with Gasteiger partial charge in [-0.15, -0.1) is 4.91 Å². The molecule has 0 unspecified atom stereocenters. The zero-order chi connectivity index (χ0) is 11.7. The van der Waals surface area contributed by atoms with Crippen molar-refractivity contribution in [1.82, 2.24) is 9.38 Å². The van der Waals surface area contributed by atoms with Crippen LogP contribution in [0.3, 0.4) is 0 Å². The molecular formula is C13H9N3O. The van der Waals surface area contributed by atoms with Crippen molar-refractivity contribution in [3.8, 4) is 11.3 Å². The number of rotatable bonds is 2. The summed E-state index contributed by atoms with van der Waals surface area (Å²) in [4.78, 5) is 15.4. The minimum absolute atomic E-state index is 0.340. The molecule has 17 heavy (non-hydrogen) atoms. The molecule has 0 atom stereocenters. The van der Waals surface area contributed by atoms with Gasteiger partial charge in [0.15, 0.2) is 0 Å². The highest BCUT2D eigenvalue weighted by Crippen LogP contribution is 2.30. The summed E-state index contributed by atoms with van der Waals surface area (Å²) in [5.74, 6) is 0.340. The Morgan fingerprint density at radius 3 is 2.53 bits per heavy atom. The maximum absolute atomic E-state index is 11.0. The van der Waals surface area contributed by atoms with Crippen LogP contribution in [-0.4, -0.2) is 9.38 Å². The first kappa shape index (κ1) is 9.72. The highest BCUT2D eigenvalue weighted by Gasteiger charge is 2.13. The second-order valence-corrected chi connectivity index (χ2v) is 3.67. The molecule has 0 radical (unpaired) electrons. The molecule has 0 aliphatic heterocycles. The third-order valence-corrected chi connectivity index (χ3v) is 2.64. The molecule has 0 saturated carbocycles. The number of hydrogen-bond acceptors (Lipinski definition) is 3. The number of nitroso groups, excluding NO2 is 1. The van der Waals surface area contributed by atoms with E-state index < -0.39 is 0 Å². The third-order valence-electron chi connectivity index (χ3n) is 2.64. The number of aromatic nitrogens is 2. The molecule has 0 bridgehead atoms. The molecule has 0 aliphatic carbocycles. The van der Waals surface area contributed by atoms with Gasteiger partial charge in [0.1, 0.15) is 11.3 Å². The molecule has 4 nitrogen and oxygen atoms in total. The van der Waals surface area contributed by atoms with Crippen LogP contribution in [0.25, 0.3) is 16.9 Å². The van der Waals surface area contributed by atoms with Gasteiger partial charge in [-0.05, 0) is 17.3 Å². The van der Waals surface area contributed by atoms with E-state index in [9.17, 15) is 4.91 Å². The van der Waals surface area contributed by atoms with Crippen molar-refractivity contribution in [3.05, 3.63) is 59.6 Å². The van der Waals surface area contributed by atoms with Gasteiger partial charge in [0, 0.05) is 11.8 Å². The van der Waals surface area contributed by atoms with Gasteiger partial charge in [0.25, 0.3) is 0 Å². The highest BCUT2D eigenvalue weighted by molar-refractivity contribution is 5.74. The predicted octanol–water partition coefficient (Wildman–Crippen LogP) is 3.40. The summed E-state index contributed by atoms with van der Waals surface area (Å²) < 4.78 is 1.69. The number of imidazole rings is 1. The van der Waals surface area contributed by atoms with E-state index in [1.165, 1.54) is 0 Å². The fourth-order valence-corrected chi connectivity index (χ4v) is 1.86. The molecular weight excluding hydrogens is 214 g/mol. The first-order valence-corrected chi connectivity index (χ1v) is 5.26. The van der Waals surface area contributed by atoms with E-state index >= 15 is 0 Å². The Labute approximate surface area is 97.5 Å². The monoisotopic (exact) mass is 223 g/mol. The van der Waals surface area contributed by atoms with Crippen LogP contribution >= 0.6 is 0 Å². The van der Waals surface area contributed by atoms with Crippen LogP contribution in [0.1, 0.15) is 0 Å². The van der Waals surface area contributed by atoms with E-state index in [0.717, 1.165) is 11.2 Å². The fourth-order valence-electron chi connectivity index (χ4n) is 1.86. The van der Waals surface area contributed by atoms with Crippen LogP contribution in [0.15, 0.2) is 59.9 Å². The zero-order valence-electron chi connectivity index (χ0n) is 8.95. The van der Waals surface area contributed by atoms with Crippen molar-refractivity contribution in [1.29, 1.82) is 0 Å². The van der Waals surface area contributed by atoms with Crippen LogP contribution in [0.4, 0.5) is 5.82 Å². The topological polar surface area (TPSA) is 46.7 Å². The minimum atomic E-state index is 0.340. The summed E-state index contributed by atoms with van der Waals surface area (Å²) >= 11 is 0. The highest BCUT2D eigenvalue weighted by atomic mass is 16.3. The summed E-state index contributed by atoms with van der Waals surface area (Å²) in [5, 5.41) is 3.09. The predicted molar refractivity (Wildman–Crippen MR) is 66.1 cm³/mol. The lowest BCUT2D eigenvalue weighted by Crippen LogP contribution is -1.80. The lowest BCUT2D eigenvalue weighted by atomic mass is 10.1. The zero-order valence-corrected chi connectivity index (χ0v) is 8.95. The van der Waals surface area contributed by atoms with Gasteiger partial charge in [0.2, 0.25) is 5.82 Å². The Morgan fingerprint density at radius 1 is 1.00 bits per heavy atom. The largest absolute Gasteiger partial charge is 0.281 e. The maximum Gasteiger partial charge on any atom is 0.209 e. The van der Waals surface area contributed by atoms with E-state index in [1.54, 1.807) is 10.6 Å². The summed E-state index contributed by atoms with van der Waals surface area (Å²) in [7, 11) is 0. The summed E-state index contributed by atoms with van der Waals surface area (Å²) in [5.41, 5.74) is 2.23. The average Bonchev–Trinajstić information content (AvgIpc) is 2.78. The lowest BCUT2D eigenvalue weighted by molar-refractivity contribution is 1.16. The van der Waals surface area contributed by atoms with E-state index in [1.807, 2.05) is 48.5 Å². The molecule has 0 aliphatic rings. The van der Waals surface area contributed by atoms with Gasteiger partial charge in [0.05, 0.1) is 0 Å². The van der Waals surface area contributed by atoms with Gasteiger partial charge in [-0.1, -0.05) is 36.4 Å². The number of hydrogen-bond donors (Lipinski definition) is 0. The molecule has 82 valence electrons. The average molecular weight is 223 g/mol.